The van der Waals surface area contributed by atoms with Crippen LogP contribution in [0.1, 0.15) is 6.42 Å². The third-order valence-electron chi connectivity index (χ3n) is 4.54. The van der Waals surface area contributed by atoms with Crippen molar-refractivity contribution in [2.75, 3.05) is 79.3 Å². The number of aliphatic hydroxyl groups is 10. The molecular formula is C16H36O11. The van der Waals surface area contributed by atoms with Crippen molar-refractivity contribution < 1.29 is 55.8 Å². The van der Waals surface area contributed by atoms with Crippen LogP contribution < -0.4 is 0 Å². The van der Waals surface area contributed by atoms with E-state index in [1.54, 1.807) is 0 Å². The molecule has 0 rings (SSSR count). The van der Waals surface area contributed by atoms with Crippen LogP contribution in [-0.4, -0.2) is 130 Å². The summed E-state index contributed by atoms with van der Waals surface area (Å²) in [6.07, 6.45) is 0.231. The van der Waals surface area contributed by atoms with E-state index < -0.39 is 62.5 Å². The maximum atomic E-state index is 9.08. The van der Waals surface area contributed by atoms with Gasteiger partial charge in [-0.1, -0.05) is 0 Å². The summed E-state index contributed by atoms with van der Waals surface area (Å²) >= 11 is 0. The van der Waals surface area contributed by atoms with E-state index in [1.165, 1.54) is 0 Å². The molecule has 27 heavy (non-hydrogen) atoms. The minimum Gasteiger partial charge on any atom is -0.396 e. The molecule has 0 saturated carbocycles. The van der Waals surface area contributed by atoms with Crippen LogP contribution in [0.15, 0.2) is 0 Å². The van der Waals surface area contributed by atoms with Gasteiger partial charge in [-0.3, -0.25) is 0 Å². The summed E-state index contributed by atoms with van der Waals surface area (Å²) in [5.74, 6) is 0. The molecule has 0 fully saturated rings. The summed E-state index contributed by atoms with van der Waals surface area (Å²) in [5.41, 5.74) is -3.21. The first-order chi connectivity index (χ1) is 12.8. The van der Waals surface area contributed by atoms with Crippen molar-refractivity contribution in [3.8, 4) is 0 Å². The molecule has 0 unspecified atom stereocenters. The molecule has 0 aromatic carbocycles. The molecule has 0 atom stereocenters. The van der Waals surface area contributed by atoms with Gasteiger partial charge in [-0.2, -0.15) is 0 Å². The van der Waals surface area contributed by atoms with E-state index in [9.17, 15) is 0 Å². The monoisotopic (exact) mass is 404 g/mol. The van der Waals surface area contributed by atoms with Gasteiger partial charge in [-0.25, -0.2) is 0 Å². The molecule has 0 aliphatic heterocycles. The van der Waals surface area contributed by atoms with Crippen LogP contribution >= 0.6 is 0 Å². The van der Waals surface area contributed by atoms with Gasteiger partial charge in [0.15, 0.2) is 0 Å². The van der Waals surface area contributed by atoms with Gasteiger partial charge in [0.25, 0.3) is 0 Å². The predicted octanol–water partition coefficient (Wildman–Crippen LogP) is -4.74. The summed E-state index contributed by atoms with van der Waals surface area (Å²) < 4.78 is 5.22. The average Bonchev–Trinajstić information content (AvgIpc) is 2.74. The minimum absolute atomic E-state index is 0.0468. The zero-order chi connectivity index (χ0) is 21.4. The zero-order valence-corrected chi connectivity index (χ0v) is 15.6. The van der Waals surface area contributed by atoms with Crippen molar-refractivity contribution in [2.45, 2.75) is 6.42 Å². The van der Waals surface area contributed by atoms with Gasteiger partial charge in [-0.05, 0) is 6.42 Å². The third kappa shape index (κ3) is 9.54. The number of ether oxygens (including phenoxy) is 1. The summed E-state index contributed by atoms with van der Waals surface area (Å²) in [5, 5.41) is 88.4. The molecule has 11 nitrogen and oxygen atoms in total. The molecule has 0 bridgehead atoms. The number of hydrogen-bond acceptors (Lipinski definition) is 11. The molecule has 10 N–H and O–H groups in total. The summed E-state index contributed by atoms with van der Waals surface area (Å²) in [6.45, 7) is -3.88. The fourth-order valence-electron chi connectivity index (χ4n) is 1.55. The number of aliphatic hydroxyl groups excluding tert-OH is 10. The van der Waals surface area contributed by atoms with Crippen molar-refractivity contribution in [2.24, 2.45) is 16.2 Å². The Labute approximate surface area is 158 Å². The Bertz CT molecular complexity index is 272. The second-order valence-corrected chi connectivity index (χ2v) is 6.88. The Balaban J connectivity index is 0. The second-order valence-electron chi connectivity index (χ2n) is 6.88. The lowest BCUT2D eigenvalue weighted by molar-refractivity contribution is -0.0727. The second kappa shape index (κ2) is 15.5. The topological polar surface area (TPSA) is 212 Å². The highest BCUT2D eigenvalue weighted by Gasteiger charge is 2.31. The van der Waals surface area contributed by atoms with Crippen LogP contribution in [0.2, 0.25) is 0 Å². The first-order valence-corrected chi connectivity index (χ1v) is 8.48. The minimum atomic E-state index is -1.11. The molecular weight excluding hydrogens is 368 g/mol. The highest BCUT2D eigenvalue weighted by Crippen LogP contribution is 2.21. The SMILES string of the molecule is OCC(CO)(CO)CCOCC(CO)(CO)CO.OCC(CO)(CO)CO. The smallest absolute Gasteiger partial charge is 0.0629 e. The van der Waals surface area contributed by atoms with Crippen molar-refractivity contribution in [3.05, 3.63) is 0 Å². The van der Waals surface area contributed by atoms with Gasteiger partial charge in [0, 0.05) is 12.0 Å². The fraction of sp³-hybridized carbons (Fsp3) is 1.00. The predicted molar refractivity (Wildman–Crippen MR) is 93.6 cm³/mol. The third-order valence-corrected chi connectivity index (χ3v) is 4.54. The summed E-state index contributed by atoms with van der Waals surface area (Å²) in [7, 11) is 0. The summed E-state index contributed by atoms with van der Waals surface area (Å²) in [6, 6.07) is 0. The van der Waals surface area contributed by atoms with E-state index in [4.69, 9.17) is 55.8 Å². The van der Waals surface area contributed by atoms with Crippen LogP contribution in [0.3, 0.4) is 0 Å². The Hall–Kier alpha value is -0.440. The lowest BCUT2D eigenvalue weighted by atomic mass is 9.87. The maximum Gasteiger partial charge on any atom is 0.0629 e. The molecule has 0 radical (unpaired) electrons. The van der Waals surface area contributed by atoms with Gasteiger partial charge >= 0.3 is 0 Å². The molecule has 0 amide bonds. The Morgan fingerprint density at radius 1 is 0.407 bits per heavy atom. The molecule has 11 heteroatoms. The quantitative estimate of drug-likeness (QED) is 0.117. The lowest BCUT2D eigenvalue weighted by Crippen LogP contribution is -2.40. The molecule has 0 heterocycles. The highest BCUT2D eigenvalue weighted by molar-refractivity contribution is 4.79. The lowest BCUT2D eigenvalue weighted by Gasteiger charge is -2.29. The van der Waals surface area contributed by atoms with Crippen molar-refractivity contribution in [3.63, 3.8) is 0 Å². The number of rotatable bonds is 15. The zero-order valence-electron chi connectivity index (χ0n) is 15.6. The molecule has 0 aliphatic rings. The van der Waals surface area contributed by atoms with Crippen molar-refractivity contribution >= 4 is 0 Å². The Kier molecular flexibility index (Phi) is 16.5. The van der Waals surface area contributed by atoms with E-state index >= 15 is 0 Å². The first kappa shape index (κ1) is 28.8. The van der Waals surface area contributed by atoms with Gasteiger partial charge in [-0.15, -0.1) is 0 Å². The van der Waals surface area contributed by atoms with E-state index in [1.807, 2.05) is 0 Å². The van der Waals surface area contributed by atoms with E-state index in [2.05, 4.69) is 0 Å². The molecule has 0 spiro atoms. The Morgan fingerprint density at radius 3 is 0.926 bits per heavy atom. The van der Waals surface area contributed by atoms with Crippen molar-refractivity contribution in [1.82, 2.24) is 0 Å². The Morgan fingerprint density at radius 2 is 0.704 bits per heavy atom. The normalized spacial score (nSPS) is 12.7. The molecule has 0 aromatic heterocycles. The largest absolute Gasteiger partial charge is 0.396 e. The van der Waals surface area contributed by atoms with E-state index in [-0.39, 0.29) is 39.5 Å². The van der Waals surface area contributed by atoms with Crippen LogP contribution in [0.25, 0.3) is 0 Å². The van der Waals surface area contributed by atoms with Crippen LogP contribution in [0, 0.1) is 16.2 Å². The van der Waals surface area contributed by atoms with E-state index in [0.717, 1.165) is 0 Å². The molecule has 0 aliphatic carbocycles. The van der Waals surface area contributed by atoms with Crippen LogP contribution in [0.4, 0.5) is 0 Å². The van der Waals surface area contributed by atoms with Crippen molar-refractivity contribution in [1.29, 1.82) is 0 Å². The van der Waals surface area contributed by atoms with Crippen LogP contribution in [-0.2, 0) is 4.74 Å². The molecule has 166 valence electrons. The van der Waals surface area contributed by atoms with Gasteiger partial charge in [0.2, 0.25) is 0 Å². The first-order valence-electron chi connectivity index (χ1n) is 8.48. The fourth-order valence-corrected chi connectivity index (χ4v) is 1.55. The highest BCUT2D eigenvalue weighted by atomic mass is 16.5. The van der Waals surface area contributed by atoms with Crippen LogP contribution in [0.5, 0.6) is 0 Å². The van der Waals surface area contributed by atoms with Gasteiger partial charge in [0.1, 0.15) is 0 Å². The standard InChI is InChI=1S/C11H24O7.C5H12O4/c12-3-10(4-13,5-14)1-2-18-9-11(6-15,7-16)8-17;6-1-5(2-7,3-8)4-9/h12-17H,1-9H2;6-9H,1-4H2. The molecule has 0 aromatic rings. The van der Waals surface area contributed by atoms with Gasteiger partial charge < -0.3 is 55.8 Å². The summed E-state index contributed by atoms with van der Waals surface area (Å²) in [4.78, 5) is 0. The number of hydrogen-bond donors (Lipinski definition) is 10. The molecule has 0 saturated heterocycles. The van der Waals surface area contributed by atoms with E-state index in [0.29, 0.717) is 0 Å². The maximum absolute atomic E-state index is 9.08. The average molecular weight is 404 g/mol. The van der Waals surface area contributed by atoms with Gasteiger partial charge in [0.05, 0.1) is 83.5 Å².